The fourth-order valence-corrected chi connectivity index (χ4v) is 3.09. The molecule has 4 nitrogen and oxygen atoms in total. The van der Waals surface area contributed by atoms with Crippen LogP contribution in [-0.4, -0.2) is 11.1 Å². The van der Waals surface area contributed by atoms with Crippen molar-refractivity contribution in [2.45, 2.75) is 66.2 Å². The van der Waals surface area contributed by atoms with Crippen LogP contribution >= 0.6 is 0 Å². The van der Waals surface area contributed by atoms with E-state index >= 15 is 0 Å². The molecule has 2 heterocycles. The van der Waals surface area contributed by atoms with Crippen LogP contribution in [0, 0.1) is 5.92 Å². The Hall–Kier alpha value is -2.49. The van der Waals surface area contributed by atoms with Gasteiger partial charge in [-0.3, -0.25) is 0 Å². The molecule has 1 aromatic heterocycles. The Morgan fingerprint density at radius 3 is 2.54 bits per heavy atom. The SMILES string of the molecule is CC(=CCCc1ccoc1)CCC=C(C)CCC(C)C=C1OC(=O)C(C)=C1O. The van der Waals surface area contributed by atoms with E-state index in [1.54, 1.807) is 13.2 Å². The van der Waals surface area contributed by atoms with Gasteiger partial charge in [0, 0.05) is 0 Å². The van der Waals surface area contributed by atoms with Gasteiger partial charge < -0.3 is 14.3 Å². The van der Waals surface area contributed by atoms with E-state index in [9.17, 15) is 9.90 Å². The van der Waals surface area contributed by atoms with Gasteiger partial charge in [0.05, 0.1) is 18.1 Å². The zero-order valence-corrected chi connectivity index (χ0v) is 17.5. The van der Waals surface area contributed by atoms with Crippen molar-refractivity contribution < 1.29 is 19.1 Å². The lowest BCUT2D eigenvalue weighted by Gasteiger charge is -2.08. The number of carbonyl (C=O) groups is 1. The Bertz CT molecular complexity index is 776. The number of aryl methyl sites for hydroxylation is 1. The van der Waals surface area contributed by atoms with Crippen molar-refractivity contribution in [3.63, 3.8) is 0 Å². The predicted octanol–water partition coefficient (Wildman–Crippen LogP) is 6.57. The molecule has 1 aromatic rings. The number of carbonyl (C=O) groups excluding carboxylic acids is 1. The quantitative estimate of drug-likeness (QED) is 0.366. The molecule has 0 fully saturated rings. The van der Waals surface area contributed by atoms with Gasteiger partial charge in [0.15, 0.2) is 11.5 Å². The fraction of sp³-hybridized carbons (Fsp3) is 0.458. The molecule has 4 heteroatoms. The topological polar surface area (TPSA) is 59.7 Å². The second-order valence-corrected chi connectivity index (χ2v) is 7.72. The highest BCUT2D eigenvalue weighted by atomic mass is 16.6. The van der Waals surface area contributed by atoms with E-state index in [0.717, 1.165) is 38.5 Å². The first-order valence-corrected chi connectivity index (χ1v) is 10.0. The van der Waals surface area contributed by atoms with Gasteiger partial charge in [0.1, 0.15) is 0 Å². The van der Waals surface area contributed by atoms with E-state index in [2.05, 4.69) is 32.9 Å². The van der Waals surface area contributed by atoms with Crippen molar-refractivity contribution in [1.29, 1.82) is 0 Å². The predicted molar refractivity (Wildman–Crippen MR) is 112 cm³/mol. The summed E-state index contributed by atoms with van der Waals surface area (Å²) in [6.45, 7) is 8.00. The normalized spacial score (nSPS) is 18.1. The first-order valence-electron chi connectivity index (χ1n) is 10.0. The van der Waals surface area contributed by atoms with Crippen molar-refractivity contribution in [3.8, 4) is 0 Å². The van der Waals surface area contributed by atoms with Gasteiger partial charge in [-0.15, -0.1) is 0 Å². The first kappa shape index (κ1) is 21.8. The molecule has 0 amide bonds. The van der Waals surface area contributed by atoms with Crippen LogP contribution in [0.5, 0.6) is 0 Å². The smallest absolute Gasteiger partial charge is 0.343 e. The number of aliphatic hydroxyl groups excluding tert-OH is 1. The van der Waals surface area contributed by atoms with Gasteiger partial charge in [0.25, 0.3) is 0 Å². The molecule has 1 unspecified atom stereocenters. The molecule has 1 aliphatic heterocycles. The lowest BCUT2D eigenvalue weighted by molar-refractivity contribution is -0.133. The Labute approximate surface area is 168 Å². The van der Waals surface area contributed by atoms with E-state index in [1.165, 1.54) is 16.7 Å². The third-order valence-electron chi connectivity index (χ3n) is 5.06. The molecule has 0 saturated heterocycles. The van der Waals surface area contributed by atoms with Crippen LogP contribution in [-0.2, 0) is 16.0 Å². The molecule has 0 aliphatic carbocycles. The van der Waals surface area contributed by atoms with Gasteiger partial charge in [0.2, 0.25) is 0 Å². The number of ether oxygens (including phenoxy) is 1. The number of furan rings is 1. The summed E-state index contributed by atoms with van der Waals surface area (Å²) in [6, 6.07) is 2.02. The number of hydrogen-bond acceptors (Lipinski definition) is 4. The van der Waals surface area contributed by atoms with E-state index in [4.69, 9.17) is 9.15 Å². The summed E-state index contributed by atoms with van der Waals surface area (Å²) < 4.78 is 10.2. The number of esters is 1. The van der Waals surface area contributed by atoms with Crippen molar-refractivity contribution in [2.75, 3.05) is 0 Å². The van der Waals surface area contributed by atoms with Gasteiger partial charge in [-0.1, -0.05) is 30.2 Å². The molecule has 0 bridgehead atoms. The molecule has 0 aromatic carbocycles. The number of cyclic esters (lactones) is 1. The Morgan fingerprint density at radius 1 is 1.18 bits per heavy atom. The highest BCUT2D eigenvalue weighted by Gasteiger charge is 2.26. The van der Waals surface area contributed by atoms with Gasteiger partial charge in [-0.2, -0.15) is 0 Å². The summed E-state index contributed by atoms with van der Waals surface area (Å²) in [5.74, 6) is 0.0379. The van der Waals surface area contributed by atoms with Crippen LogP contribution in [0.1, 0.15) is 65.4 Å². The number of hydrogen-bond donors (Lipinski definition) is 1. The van der Waals surface area contributed by atoms with Crippen molar-refractivity contribution in [2.24, 2.45) is 5.92 Å². The maximum absolute atomic E-state index is 11.4. The lowest BCUT2D eigenvalue weighted by atomic mass is 9.99. The third kappa shape index (κ3) is 6.91. The molecule has 152 valence electrons. The van der Waals surface area contributed by atoms with Crippen LogP contribution in [0.4, 0.5) is 0 Å². The van der Waals surface area contributed by atoms with E-state index in [0.29, 0.717) is 5.76 Å². The molecule has 0 spiro atoms. The van der Waals surface area contributed by atoms with Crippen molar-refractivity contribution in [1.82, 2.24) is 0 Å². The molecular weight excluding hydrogens is 352 g/mol. The second kappa shape index (κ2) is 10.7. The minimum absolute atomic E-state index is 0.0286. The van der Waals surface area contributed by atoms with Crippen LogP contribution in [0.2, 0.25) is 0 Å². The van der Waals surface area contributed by atoms with Gasteiger partial charge in [-0.25, -0.2) is 4.79 Å². The third-order valence-corrected chi connectivity index (χ3v) is 5.06. The van der Waals surface area contributed by atoms with Crippen LogP contribution in [0.3, 0.4) is 0 Å². The molecule has 2 rings (SSSR count). The second-order valence-electron chi connectivity index (χ2n) is 7.72. The number of aliphatic hydroxyl groups is 1. The average Bonchev–Trinajstić information content (AvgIpc) is 3.25. The lowest BCUT2D eigenvalue weighted by Crippen LogP contribution is -1.98. The zero-order chi connectivity index (χ0) is 20.5. The minimum atomic E-state index is -0.458. The Kier molecular flexibility index (Phi) is 8.37. The minimum Gasteiger partial charge on any atom is -0.504 e. The molecule has 28 heavy (non-hydrogen) atoms. The average molecular weight is 385 g/mol. The highest BCUT2D eigenvalue weighted by molar-refractivity contribution is 5.93. The van der Waals surface area contributed by atoms with Crippen molar-refractivity contribution >= 4 is 5.97 Å². The maximum atomic E-state index is 11.4. The van der Waals surface area contributed by atoms with Crippen LogP contribution < -0.4 is 0 Å². The zero-order valence-electron chi connectivity index (χ0n) is 17.5. The highest BCUT2D eigenvalue weighted by Crippen LogP contribution is 2.26. The monoisotopic (exact) mass is 384 g/mol. The summed E-state index contributed by atoms with van der Waals surface area (Å²) in [4.78, 5) is 11.4. The van der Waals surface area contributed by atoms with Gasteiger partial charge in [-0.05, 0) is 82.9 Å². The fourth-order valence-electron chi connectivity index (χ4n) is 3.09. The summed E-state index contributed by atoms with van der Waals surface area (Å²) in [5, 5.41) is 9.88. The molecule has 0 radical (unpaired) electrons. The molecule has 0 saturated carbocycles. The van der Waals surface area contributed by atoms with E-state index < -0.39 is 5.97 Å². The largest absolute Gasteiger partial charge is 0.504 e. The molecule has 1 aliphatic rings. The van der Waals surface area contributed by atoms with E-state index in [1.807, 2.05) is 18.4 Å². The van der Waals surface area contributed by atoms with Crippen molar-refractivity contribution in [3.05, 3.63) is 70.6 Å². The van der Waals surface area contributed by atoms with E-state index in [-0.39, 0.29) is 17.3 Å². The maximum Gasteiger partial charge on any atom is 0.343 e. The van der Waals surface area contributed by atoms with Crippen LogP contribution in [0.15, 0.2) is 69.5 Å². The standard InChI is InChI=1S/C24H32O4/c1-17(9-6-10-21-13-14-27-16-21)7-5-8-18(2)11-12-19(3)15-22-23(25)20(4)24(26)28-22/h8-9,13-16,19,25H,5-7,10-12H2,1-4H3. The van der Waals surface area contributed by atoms with Gasteiger partial charge >= 0.3 is 5.97 Å². The summed E-state index contributed by atoms with van der Waals surface area (Å²) in [7, 11) is 0. The summed E-state index contributed by atoms with van der Waals surface area (Å²) in [6.07, 6.45) is 16.1. The van der Waals surface area contributed by atoms with Crippen LogP contribution in [0.25, 0.3) is 0 Å². The Morgan fingerprint density at radius 2 is 1.89 bits per heavy atom. The molecule has 1 atom stereocenters. The number of allylic oxidation sites excluding steroid dienone is 5. The number of rotatable bonds is 10. The summed E-state index contributed by atoms with van der Waals surface area (Å²) in [5.41, 5.74) is 4.32. The summed E-state index contributed by atoms with van der Waals surface area (Å²) >= 11 is 0. The molecule has 1 N–H and O–H groups in total. The molecular formula is C24H32O4. The first-order chi connectivity index (χ1) is 13.4. The Balaban J connectivity index is 1.68.